The molecule has 2 aromatic heterocycles. The molecule has 5 nitrogen and oxygen atoms in total. The van der Waals surface area contributed by atoms with Gasteiger partial charge in [-0.05, 0) is 36.6 Å². The number of nitrogens with zero attached hydrogens (tertiary/aromatic N) is 2. The number of hydrogen-bond acceptors (Lipinski definition) is 6. The first-order chi connectivity index (χ1) is 16.0. The second kappa shape index (κ2) is 8.38. The summed E-state index contributed by atoms with van der Waals surface area (Å²) in [5.74, 6) is -2.35. The fourth-order valence-electron chi connectivity index (χ4n) is 3.88. The zero-order valence-corrected chi connectivity index (χ0v) is 19.0. The highest BCUT2D eigenvalue weighted by Gasteiger charge is 2.45. The third kappa shape index (κ3) is 3.67. The van der Waals surface area contributed by atoms with Crippen LogP contribution in [0.3, 0.4) is 0 Å². The quantitative estimate of drug-likeness (QED) is 0.353. The first-order valence-electron chi connectivity index (χ1n) is 10.1. The number of anilines is 1. The molecule has 8 heteroatoms. The van der Waals surface area contributed by atoms with E-state index in [2.05, 4.69) is 4.98 Å². The highest BCUT2D eigenvalue weighted by molar-refractivity contribution is 7.17. The first kappa shape index (κ1) is 21.2. The van der Waals surface area contributed by atoms with Gasteiger partial charge >= 0.3 is 0 Å². The lowest BCUT2D eigenvalue weighted by Gasteiger charge is -2.25. The fraction of sp³-hybridized carbons (Fsp3) is 0.0800. The number of thiophene rings is 1. The standard InChI is InChI=1S/C25H17FN2O3S2/c1-14-23(33-24(27-14)15-7-3-2-4-8-15)21(29)19-20(18-11-6-12-32-18)28(25(31)22(19)30)17-10-5-9-16(26)13-17/h2-13,20,30H,1H3. The van der Waals surface area contributed by atoms with Crippen LogP contribution in [0.2, 0.25) is 0 Å². The van der Waals surface area contributed by atoms with Crippen molar-refractivity contribution >= 4 is 40.1 Å². The number of amides is 1. The third-order valence-electron chi connectivity index (χ3n) is 5.38. The molecule has 4 aromatic rings. The van der Waals surface area contributed by atoms with E-state index < -0.39 is 29.3 Å². The minimum absolute atomic E-state index is 0.0296. The van der Waals surface area contributed by atoms with Crippen LogP contribution in [0.4, 0.5) is 10.1 Å². The Morgan fingerprint density at radius 1 is 1.09 bits per heavy atom. The van der Waals surface area contributed by atoms with Crippen LogP contribution < -0.4 is 4.90 Å². The number of hydrogen-bond donors (Lipinski definition) is 1. The van der Waals surface area contributed by atoms with Gasteiger partial charge in [0, 0.05) is 16.1 Å². The minimum Gasteiger partial charge on any atom is -0.503 e. The molecular weight excluding hydrogens is 459 g/mol. The Kier molecular flexibility index (Phi) is 5.39. The smallest absolute Gasteiger partial charge is 0.294 e. The number of Topliss-reactive ketones (excluding diaryl/α,β-unsaturated/α-hetero) is 1. The van der Waals surface area contributed by atoms with Crippen LogP contribution in [-0.2, 0) is 4.79 Å². The van der Waals surface area contributed by atoms with Crippen molar-refractivity contribution in [3.63, 3.8) is 0 Å². The summed E-state index contributed by atoms with van der Waals surface area (Å²) in [6.45, 7) is 1.73. The number of carbonyl (C=O) groups excluding carboxylic acids is 2. The zero-order valence-electron chi connectivity index (χ0n) is 17.4. The Morgan fingerprint density at radius 2 is 1.88 bits per heavy atom. The van der Waals surface area contributed by atoms with Crippen LogP contribution in [-0.4, -0.2) is 21.8 Å². The van der Waals surface area contributed by atoms with Gasteiger partial charge in [-0.1, -0.05) is 42.5 Å². The summed E-state index contributed by atoms with van der Waals surface area (Å²) >= 11 is 2.57. The SMILES string of the molecule is Cc1nc(-c2ccccc2)sc1C(=O)C1=C(O)C(=O)N(c2cccc(F)c2)C1c1cccs1. The first-order valence-corrected chi connectivity index (χ1v) is 11.8. The molecule has 2 aromatic carbocycles. The predicted octanol–water partition coefficient (Wildman–Crippen LogP) is 6.10. The Morgan fingerprint density at radius 3 is 2.58 bits per heavy atom. The van der Waals surface area contributed by atoms with Gasteiger partial charge in [0.15, 0.2) is 5.76 Å². The lowest BCUT2D eigenvalue weighted by atomic mass is 10.00. The van der Waals surface area contributed by atoms with E-state index in [1.807, 2.05) is 35.7 Å². The summed E-state index contributed by atoms with van der Waals surface area (Å²) in [5, 5.41) is 13.3. The molecule has 3 heterocycles. The maximum atomic E-state index is 14.0. The van der Waals surface area contributed by atoms with Crippen molar-refractivity contribution in [1.29, 1.82) is 0 Å². The van der Waals surface area contributed by atoms with E-state index in [1.54, 1.807) is 25.1 Å². The number of carbonyl (C=O) groups is 2. The molecule has 1 atom stereocenters. The zero-order chi connectivity index (χ0) is 23.1. The molecule has 0 fully saturated rings. The Balaban J connectivity index is 1.61. The van der Waals surface area contributed by atoms with Crippen molar-refractivity contribution in [2.75, 3.05) is 4.90 Å². The molecule has 0 radical (unpaired) electrons. The highest BCUT2D eigenvalue weighted by Crippen LogP contribution is 2.44. The molecule has 5 rings (SSSR count). The summed E-state index contributed by atoms with van der Waals surface area (Å²) in [6, 6.07) is 17.8. The molecule has 164 valence electrons. The van der Waals surface area contributed by atoms with Crippen molar-refractivity contribution in [2.24, 2.45) is 0 Å². The van der Waals surface area contributed by atoms with Gasteiger partial charge in [0.05, 0.1) is 16.1 Å². The molecule has 0 saturated carbocycles. The van der Waals surface area contributed by atoms with Crippen LogP contribution >= 0.6 is 22.7 Å². The topological polar surface area (TPSA) is 70.5 Å². The van der Waals surface area contributed by atoms with E-state index in [4.69, 9.17) is 0 Å². The highest BCUT2D eigenvalue weighted by atomic mass is 32.1. The van der Waals surface area contributed by atoms with E-state index in [9.17, 15) is 19.1 Å². The molecule has 33 heavy (non-hydrogen) atoms. The molecule has 1 N–H and O–H groups in total. The number of aliphatic hydroxyl groups is 1. The predicted molar refractivity (Wildman–Crippen MR) is 127 cm³/mol. The summed E-state index contributed by atoms with van der Waals surface area (Å²) in [4.78, 5) is 33.7. The van der Waals surface area contributed by atoms with E-state index in [0.29, 0.717) is 20.5 Å². The Labute approximate surface area is 197 Å². The third-order valence-corrected chi connectivity index (χ3v) is 7.51. The Bertz CT molecular complexity index is 1390. The van der Waals surface area contributed by atoms with Gasteiger partial charge in [0.25, 0.3) is 5.91 Å². The average molecular weight is 477 g/mol. The van der Waals surface area contributed by atoms with Crippen LogP contribution in [0.1, 0.15) is 26.3 Å². The number of thiazole rings is 1. The van der Waals surface area contributed by atoms with E-state index in [1.165, 1.54) is 45.8 Å². The molecule has 1 aliphatic heterocycles. The summed E-state index contributed by atoms with van der Waals surface area (Å²) in [6.07, 6.45) is 0. The average Bonchev–Trinajstić information content (AvgIpc) is 3.53. The van der Waals surface area contributed by atoms with Gasteiger partial charge in [-0.25, -0.2) is 9.37 Å². The van der Waals surface area contributed by atoms with Crippen LogP contribution in [0.5, 0.6) is 0 Å². The fourth-order valence-corrected chi connectivity index (χ4v) is 5.73. The second-order valence-corrected chi connectivity index (χ2v) is 9.44. The number of aliphatic hydroxyl groups excluding tert-OH is 1. The number of rotatable bonds is 5. The van der Waals surface area contributed by atoms with Crippen molar-refractivity contribution in [3.05, 3.63) is 105 Å². The van der Waals surface area contributed by atoms with E-state index in [-0.39, 0.29) is 11.3 Å². The minimum atomic E-state index is -0.867. The van der Waals surface area contributed by atoms with Gasteiger partial charge in [-0.15, -0.1) is 22.7 Å². The van der Waals surface area contributed by atoms with Crippen LogP contribution in [0.15, 0.2) is 83.4 Å². The number of ketones is 1. The van der Waals surface area contributed by atoms with Gasteiger partial charge in [-0.3, -0.25) is 14.5 Å². The molecular formula is C25H17FN2O3S2. The maximum absolute atomic E-state index is 14.0. The number of halogens is 1. The maximum Gasteiger partial charge on any atom is 0.294 e. The van der Waals surface area contributed by atoms with Crippen molar-refractivity contribution in [3.8, 4) is 10.6 Å². The van der Waals surface area contributed by atoms with Crippen LogP contribution in [0.25, 0.3) is 10.6 Å². The number of aromatic nitrogens is 1. The van der Waals surface area contributed by atoms with Crippen molar-refractivity contribution < 1.29 is 19.1 Å². The normalized spacial score (nSPS) is 16.0. The van der Waals surface area contributed by atoms with Crippen molar-refractivity contribution in [1.82, 2.24) is 4.98 Å². The summed E-state index contributed by atoms with van der Waals surface area (Å²) in [5.41, 5.74) is 1.63. The van der Waals surface area contributed by atoms with E-state index >= 15 is 0 Å². The second-order valence-electron chi connectivity index (χ2n) is 7.46. The molecule has 1 amide bonds. The summed E-state index contributed by atoms with van der Waals surface area (Å²) in [7, 11) is 0. The molecule has 0 saturated heterocycles. The Hall–Kier alpha value is -3.62. The molecule has 0 aliphatic carbocycles. The largest absolute Gasteiger partial charge is 0.503 e. The van der Waals surface area contributed by atoms with Gasteiger partial charge in [0.2, 0.25) is 5.78 Å². The molecule has 1 unspecified atom stereocenters. The molecule has 0 bridgehead atoms. The van der Waals surface area contributed by atoms with Gasteiger partial charge in [0.1, 0.15) is 16.9 Å². The van der Waals surface area contributed by atoms with Gasteiger partial charge < -0.3 is 5.11 Å². The van der Waals surface area contributed by atoms with Gasteiger partial charge in [-0.2, -0.15) is 0 Å². The number of aryl methyl sites for hydroxylation is 1. The van der Waals surface area contributed by atoms with Crippen molar-refractivity contribution in [2.45, 2.75) is 13.0 Å². The lowest BCUT2D eigenvalue weighted by molar-refractivity contribution is -0.117. The molecule has 1 aliphatic rings. The lowest BCUT2D eigenvalue weighted by Crippen LogP contribution is -2.30. The summed E-state index contributed by atoms with van der Waals surface area (Å²) < 4.78 is 14.0. The van der Waals surface area contributed by atoms with Crippen LogP contribution in [0, 0.1) is 12.7 Å². The van der Waals surface area contributed by atoms with E-state index in [0.717, 1.165) is 5.56 Å². The number of benzene rings is 2. The molecule has 0 spiro atoms. The monoisotopic (exact) mass is 476 g/mol.